The van der Waals surface area contributed by atoms with Crippen LogP contribution in [0.5, 0.6) is 0 Å². The molecule has 20 heavy (non-hydrogen) atoms. The van der Waals surface area contributed by atoms with Gasteiger partial charge in [0.15, 0.2) is 0 Å². The van der Waals surface area contributed by atoms with Gasteiger partial charge in [-0.3, -0.25) is 4.79 Å². The van der Waals surface area contributed by atoms with Gasteiger partial charge in [0.2, 0.25) is 5.76 Å². The lowest BCUT2D eigenvalue weighted by atomic mass is 9.99. The van der Waals surface area contributed by atoms with Gasteiger partial charge in [0.25, 0.3) is 5.91 Å². The Morgan fingerprint density at radius 2 is 2.15 bits per heavy atom. The van der Waals surface area contributed by atoms with E-state index in [2.05, 4.69) is 24.2 Å². The Bertz CT molecular complexity index is 633. The molecule has 0 aliphatic carbocycles. The van der Waals surface area contributed by atoms with Gasteiger partial charge in [-0.15, -0.1) is 0 Å². The van der Waals surface area contributed by atoms with Crippen LogP contribution in [-0.2, 0) is 0 Å². The van der Waals surface area contributed by atoms with Crippen molar-refractivity contribution in [2.75, 3.05) is 6.54 Å². The molecular weight excluding hydrogens is 252 g/mol. The molecule has 1 aliphatic rings. The number of carbonyl (C=O) groups is 1. The summed E-state index contributed by atoms with van der Waals surface area (Å²) in [6, 6.07) is 10.1. The predicted octanol–water partition coefficient (Wildman–Crippen LogP) is 3.27. The summed E-state index contributed by atoms with van der Waals surface area (Å²) in [7, 11) is 0. The monoisotopic (exact) mass is 270 g/mol. The summed E-state index contributed by atoms with van der Waals surface area (Å²) in [5.74, 6) is 0.277. The summed E-state index contributed by atoms with van der Waals surface area (Å²) in [6.07, 6.45) is 2.03. The van der Waals surface area contributed by atoms with Gasteiger partial charge in [0, 0.05) is 12.6 Å². The Kier molecular flexibility index (Phi) is 3.30. The first kappa shape index (κ1) is 12.9. The minimum atomic E-state index is -0.0589. The quantitative estimate of drug-likeness (QED) is 0.841. The molecule has 0 bridgehead atoms. The fraction of sp³-hybridized carbons (Fsp3) is 0.375. The van der Waals surface area contributed by atoms with Crippen LogP contribution in [0.25, 0.3) is 0 Å². The summed E-state index contributed by atoms with van der Waals surface area (Å²) in [6.45, 7) is 4.69. The van der Waals surface area contributed by atoms with Crippen LogP contribution in [0.15, 0.2) is 34.9 Å². The zero-order valence-corrected chi connectivity index (χ0v) is 11.8. The average Bonchev–Trinajstić information content (AvgIpc) is 3.07. The van der Waals surface area contributed by atoms with Crippen molar-refractivity contribution in [3.63, 3.8) is 0 Å². The van der Waals surface area contributed by atoms with Crippen LogP contribution < -0.4 is 0 Å². The Balaban J connectivity index is 1.90. The highest BCUT2D eigenvalue weighted by Crippen LogP contribution is 2.34. The minimum absolute atomic E-state index is 0.0589. The number of aryl methyl sites for hydroxylation is 2. The molecule has 0 spiro atoms. The molecule has 1 aromatic carbocycles. The number of hydrogen-bond donors (Lipinski definition) is 0. The topological polar surface area (TPSA) is 46.3 Å². The first-order chi connectivity index (χ1) is 9.66. The van der Waals surface area contributed by atoms with Crippen LogP contribution in [0.2, 0.25) is 0 Å². The van der Waals surface area contributed by atoms with Crippen LogP contribution in [0, 0.1) is 13.8 Å². The zero-order chi connectivity index (χ0) is 14.1. The third-order valence-electron chi connectivity index (χ3n) is 3.90. The van der Waals surface area contributed by atoms with Crippen LogP contribution >= 0.6 is 0 Å². The van der Waals surface area contributed by atoms with Gasteiger partial charge in [-0.25, -0.2) is 0 Å². The SMILES string of the molecule is Cc1cc(C(=O)N2CCC[C@@H]2c2ccccc2C)on1. The maximum atomic E-state index is 12.5. The third-order valence-corrected chi connectivity index (χ3v) is 3.90. The number of rotatable bonds is 2. The Morgan fingerprint density at radius 1 is 1.35 bits per heavy atom. The van der Waals surface area contributed by atoms with E-state index < -0.39 is 0 Å². The number of hydrogen-bond acceptors (Lipinski definition) is 3. The Labute approximate surface area is 118 Å². The van der Waals surface area contributed by atoms with Crippen molar-refractivity contribution in [3.8, 4) is 0 Å². The maximum Gasteiger partial charge on any atom is 0.292 e. The van der Waals surface area contributed by atoms with Gasteiger partial charge in [-0.05, 0) is 37.8 Å². The second-order valence-corrected chi connectivity index (χ2v) is 5.35. The van der Waals surface area contributed by atoms with Gasteiger partial charge in [0.05, 0.1) is 11.7 Å². The van der Waals surface area contributed by atoms with Crippen LogP contribution in [-0.4, -0.2) is 22.5 Å². The molecular formula is C16H18N2O2. The molecule has 104 valence electrons. The molecule has 1 aromatic heterocycles. The van der Waals surface area contributed by atoms with E-state index in [-0.39, 0.29) is 11.9 Å². The molecule has 0 radical (unpaired) electrons. The first-order valence-corrected chi connectivity index (χ1v) is 6.96. The van der Waals surface area contributed by atoms with Gasteiger partial charge in [0.1, 0.15) is 0 Å². The third kappa shape index (κ3) is 2.22. The molecule has 0 unspecified atom stereocenters. The fourth-order valence-electron chi connectivity index (χ4n) is 2.90. The summed E-state index contributed by atoms with van der Waals surface area (Å²) in [5.41, 5.74) is 3.19. The number of likely N-dealkylation sites (tertiary alicyclic amines) is 1. The smallest absolute Gasteiger partial charge is 0.292 e. The first-order valence-electron chi connectivity index (χ1n) is 6.96. The van der Waals surface area contributed by atoms with Crippen molar-refractivity contribution in [2.45, 2.75) is 32.7 Å². The normalized spacial score (nSPS) is 18.5. The molecule has 0 N–H and O–H groups in total. The number of nitrogens with zero attached hydrogens (tertiary/aromatic N) is 2. The van der Waals surface area contributed by atoms with E-state index in [0.717, 1.165) is 25.1 Å². The molecule has 1 atom stereocenters. The van der Waals surface area contributed by atoms with Gasteiger partial charge in [-0.1, -0.05) is 29.4 Å². The molecule has 2 heterocycles. The standard InChI is InChI=1S/C16H18N2O2/c1-11-6-3-4-7-13(11)14-8-5-9-18(14)16(19)15-10-12(2)17-20-15/h3-4,6-7,10,14H,5,8-9H2,1-2H3/t14-/m1/s1. The molecule has 4 nitrogen and oxygen atoms in total. The number of amides is 1. The maximum absolute atomic E-state index is 12.5. The Hall–Kier alpha value is -2.10. The molecule has 3 rings (SSSR count). The molecule has 1 amide bonds. The molecule has 1 saturated heterocycles. The van der Waals surface area contributed by atoms with E-state index in [1.54, 1.807) is 6.07 Å². The van der Waals surface area contributed by atoms with Crippen molar-refractivity contribution in [2.24, 2.45) is 0 Å². The van der Waals surface area contributed by atoms with E-state index in [4.69, 9.17) is 4.52 Å². The predicted molar refractivity (Wildman–Crippen MR) is 75.4 cm³/mol. The average molecular weight is 270 g/mol. The lowest BCUT2D eigenvalue weighted by Gasteiger charge is -2.25. The van der Waals surface area contributed by atoms with Gasteiger partial charge in [-0.2, -0.15) is 0 Å². The van der Waals surface area contributed by atoms with Crippen LogP contribution in [0.3, 0.4) is 0 Å². The van der Waals surface area contributed by atoms with Gasteiger partial charge < -0.3 is 9.42 Å². The van der Waals surface area contributed by atoms with Crippen molar-refractivity contribution in [3.05, 3.63) is 52.9 Å². The van der Waals surface area contributed by atoms with E-state index in [9.17, 15) is 4.79 Å². The van der Waals surface area contributed by atoms with E-state index >= 15 is 0 Å². The van der Waals surface area contributed by atoms with E-state index in [1.807, 2.05) is 24.0 Å². The van der Waals surface area contributed by atoms with Crippen molar-refractivity contribution >= 4 is 5.91 Å². The van der Waals surface area contributed by atoms with E-state index in [1.165, 1.54) is 11.1 Å². The lowest BCUT2D eigenvalue weighted by molar-refractivity contribution is 0.0693. The van der Waals surface area contributed by atoms with Crippen molar-refractivity contribution in [1.29, 1.82) is 0 Å². The summed E-state index contributed by atoms with van der Waals surface area (Å²) < 4.78 is 5.11. The summed E-state index contributed by atoms with van der Waals surface area (Å²) in [4.78, 5) is 14.5. The van der Waals surface area contributed by atoms with E-state index in [0.29, 0.717) is 5.76 Å². The highest BCUT2D eigenvalue weighted by Gasteiger charge is 2.32. The highest BCUT2D eigenvalue weighted by molar-refractivity contribution is 5.92. The van der Waals surface area contributed by atoms with Crippen molar-refractivity contribution < 1.29 is 9.32 Å². The van der Waals surface area contributed by atoms with Crippen molar-refractivity contribution in [1.82, 2.24) is 10.1 Å². The molecule has 1 aliphatic heterocycles. The largest absolute Gasteiger partial charge is 0.351 e. The van der Waals surface area contributed by atoms with Gasteiger partial charge >= 0.3 is 0 Å². The summed E-state index contributed by atoms with van der Waals surface area (Å²) in [5, 5.41) is 3.80. The number of aromatic nitrogens is 1. The second-order valence-electron chi connectivity index (χ2n) is 5.35. The molecule has 4 heteroatoms. The lowest BCUT2D eigenvalue weighted by Crippen LogP contribution is -2.30. The minimum Gasteiger partial charge on any atom is -0.351 e. The molecule has 1 fully saturated rings. The zero-order valence-electron chi connectivity index (χ0n) is 11.8. The number of benzene rings is 1. The summed E-state index contributed by atoms with van der Waals surface area (Å²) >= 11 is 0. The second kappa shape index (κ2) is 5.12. The van der Waals surface area contributed by atoms with Crippen LogP contribution in [0.4, 0.5) is 0 Å². The fourth-order valence-corrected chi connectivity index (χ4v) is 2.90. The molecule has 2 aromatic rings. The Morgan fingerprint density at radius 3 is 2.85 bits per heavy atom. The highest BCUT2D eigenvalue weighted by atomic mass is 16.5. The van der Waals surface area contributed by atoms with Crippen LogP contribution in [0.1, 0.15) is 46.3 Å². The molecule has 0 saturated carbocycles. The number of carbonyl (C=O) groups excluding carboxylic acids is 1.